The van der Waals surface area contributed by atoms with Crippen molar-refractivity contribution in [2.75, 3.05) is 25.7 Å². The highest BCUT2D eigenvalue weighted by atomic mass is 19.4. The zero-order valence-electron chi connectivity index (χ0n) is 18.3. The summed E-state index contributed by atoms with van der Waals surface area (Å²) in [6.07, 6.45) is -5.23. The second-order valence-corrected chi connectivity index (χ2v) is 7.33. The minimum absolute atomic E-state index is 0.0691. The van der Waals surface area contributed by atoms with Gasteiger partial charge >= 0.3 is 6.18 Å². The number of nitrogens with zero attached hydrogens (tertiary/aromatic N) is 1. The van der Waals surface area contributed by atoms with Gasteiger partial charge < -0.3 is 19.5 Å². The van der Waals surface area contributed by atoms with Crippen molar-refractivity contribution in [2.24, 2.45) is 0 Å². The van der Waals surface area contributed by atoms with E-state index in [0.29, 0.717) is 34.7 Å². The minimum Gasteiger partial charge on any atom is -0.493 e. The molecule has 0 aromatic heterocycles. The second kappa shape index (κ2) is 10.4. The number of aliphatic hydroxyl groups excluding tert-OH is 1. The summed E-state index contributed by atoms with van der Waals surface area (Å²) in [7, 11) is 3.01. The Morgan fingerprint density at radius 3 is 2.15 bits per heavy atom. The van der Waals surface area contributed by atoms with Gasteiger partial charge in [0, 0.05) is 18.3 Å². The van der Waals surface area contributed by atoms with Gasteiger partial charge in [0.05, 0.1) is 19.8 Å². The summed E-state index contributed by atoms with van der Waals surface area (Å²) in [4.78, 5) is 1.61. The van der Waals surface area contributed by atoms with Gasteiger partial charge in [0.1, 0.15) is 11.9 Å². The van der Waals surface area contributed by atoms with E-state index in [1.807, 2.05) is 6.07 Å². The van der Waals surface area contributed by atoms with E-state index in [1.54, 1.807) is 47.4 Å². The van der Waals surface area contributed by atoms with Crippen LogP contribution in [0.2, 0.25) is 0 Å². The predicted octanol–water partition coefficient (Wildman–Crippen LogP) is 5.48. The van der Waals surface area contributed by atoms with Crippen LogP contribution in [0.5, 0.6) is 11.5 Å². The van der Waals surface area contributed by atoms with Crippen LogP contribution in [0.3, 0.4) is 0 Å². The molecular weight excluding hydrogens is 433 g/mol. The molecule has 33 heavy (non-hydrogen) atoms. The SMILES string of the molecule is COc1ccc(N(CCc2ccc(C(F)(F)F)cc2)C(=N)[C@@H](O)c2ccccc2)cc1OC. The molecule has 0 fully saturated rings. The molecular formula is C25H25F3N2O3. The molecule has 3 aromatic rings. The average Bonchev–Trinajstić information content (AvgIpc) is 2.83. The Hall–Kier alpha value is -3.52. The lowest BCUT2D eigenvalue weighted by molar-refractivity contribution is -0.137. The van der Waals surface area contributed by atoms with Gasteiger partial charge in [-0.25, -0.2) is 0 Å². The number of aliphatic hydroxyl groups is 1. The standard InChI is InChI=1S/C25H25F3N2O3/c1-32-21-13-12-20(16-22(21)33-2)30(24(29)23(31)18-6-4-3-5-7-18)15-14-17-8-10-19(11-9-17)25(26,27)28/h3-13,16,23,29,31H,14-15H2,1-2H3/t23-/m0/s1. The summed E-state index contributed by atoms with van der Waals surface area (Å²) in [5.74, 6) is 0.899. The molecule has 0 saturated carbocycles. The number of rotatable bonds is 8. The molecule has 174 valence electrons. The maximum atomic E-state index is 12.9. The molecule has 5 nitrogen and oxygen atoms in total. The molecule has 0 unspecified atom stereocenters. The normalized spacial score (nSPS) is 12.2. The van der Waals surface area contributed by atoms with Crippen LogP contribution in [0.15, 0.2) is 72.8 Å². The molecule has 0 spiro atoms. The first kappa shape index (κ1) is 24.1. The monoisotopic (exact) mass is 458 g/mol. The van der Waals surface area contributed by atoms with E-state index in [4.69, 9.17) is 14.9 Å². The highest BCUT2D eigenvalue weighted by molar-refractivity contribution is 5.99. The largest absolute Gasteiger partial charge is 0.493 e. The van der Waals surface area contributed by atoms with E-state index >= 15 is 0 Å². The summed E-state index contributed by atoms with van der Waals surface area (Å²) in [5, 5.41) is 19.5. The number of hydrogen-bond donors (Lipinski definition) is 2. The van der Waals surface area contributed by atoms with Crippen molar-refractivity contribution in [3.63, 3.8) is 0 Å². The first-order valence-electron chi connectivity index (χ1n) is 10.2. The van der Waals surface area contributed by atoms with Crippen LogP contribution in [0.4, 0.5) is 18.9 Å². The van der Waals surface area contributed by atoms with E-state index < -0.39 is 17.8 Å². The summed E-state index contributed by atoms with van der Waals surface area (Å²) in [5.41, 5.74) is 1.10. The molecule has 0 aliphatic heterocycles. The van der Waals surface area contributed by atoms with Gasteiger partial charge in [-0.05, 0) is 41.8 Å². The van der Waals surface area contributed by atoms with E-state index in [-0.39, 0.29) is 12.4 Å². The van der Waals surface area contributed by atoms with Crippen LogP contribution in [-0.4, -0.2) is 31.7 Å². The molecule has 2 N–H and O–H groups in total. The molecule has 0 aliphatic carbocycles. The first-order valence-corrected chi connectivity index (χ1v) is 10.2. The number of ether oxygens (including phenoxy) is 2. The fourth-order valence-electron chi connectivity index (χ4n) is 3.42. The topological polar surface area (TPSA) is 65.8 Å². The van der Waals surface area contributed by atoms with Crippen molar-refractivity contribution in [2.45, 2.75) is 18.7 Å². The third-order valence-corrected chi connectivity index (χ3v) is 5.25. The van der Waals surface area contributed by atoms with E-state index in [2.05, 4.69) is 0 Å². The van der Waals surface area contributed by atoms with Gasteiger partial charge in [-0.3, -0.25) is 5.41 Å². The van der Waals surface area contributed by atoms with Crippen LogP contribution in [-0.2, 0) is 12.6 Å². The molecule has 3 aromatic carbocycles. The Morgan fingerprint density at radius 2 is 1.58 bits per heavy atom. The highest BCUT2D eigenvalue weighted by Gasteiger charge is 2.30. The molecule has 0 aliphatic rings. The molecule has 0 saturated heterocycles. The summed E-state index contributed by atoms with van der Waals surface area (Å²) >= 11 is 0. The minimum atomic E-state index is -4.40. The maximum Gasteiger partial charge on any atom is 0.416 e. The molecule has 0 heterocycles. The third kappa shape index (κ3) is 5.84. The molecule has 8 heteroatoms. The first-order chi connectivity index (χ1) is 15.7. The summed E-state index contributed by atoms with van der Waals surface area (Å²) in [6, 6.07) is 18.9. The van der Waals surface area contributed by atoms with Gasteiger partial charge in [-0.1, -0.05) is 42.5 Å². The number of amidine groups is 1. The molecule has 1 atom stereocenters. The van der Waals surface area contributed by atoms with Gasteiger partial charge in [-0.15, -0.1) is 0 Å². The molecule has 0 bridgehead atoms. The van der Waals surface area contributed by atoms with Crippen molar-refractivity contribution in [3.05, 3.63) is 89.5 Å². The lowest BCUT2D eigenvalue weighted by atomic mass is 10.1. The second-order valence-electron chi connectivity index (χ2n) is 7.33. The number of anilines is 1. The van der Waals surface area contributed by atoms with Crippen LogP contribution in [0, 0.1) is 5.41 Å². The van der Waals surface area contributed by atoms with Crippen LogP contribution in [0.1, 0.15) is 22.8 Å². The lowest BCUT2D eigenvalue weighted by Crippen LogP contribution is -2.36. The Balaban J connectivity index is 1.89. The fourth-order valence-corrected chi connectivity index (χ4v) is 3.42. The van der Waals surface area contributed by atoms with Crippen LogP contribution >= 0.6 is 0 Å². The third-order valence-electron chi connectivity index (χ3n) is 5.25. The van der Waals surface area contributed by atoms with Gasteiger partial charge in [0.25, 0.3) is 0 Å². The van der Waals surface area contributed by atoms with Gasteiger partial charge in [-0.2, -0.15) is 13.2 Å². The van der Waals surface area contributed by atoms with Crippen molar-refractivity contribution < 1.29 is 27.8 Å². The van der Waals surface area contributed by atoms with Crippen LogP contribution in [0.25, 0.3) is 0 Å². The zero-order chi connectivity index (χ0) is 24.0. The quantitative estimate of drug-likeness (QED) is 0.346. The Morgan fingerprint density at radius 1 is 0.939 bits per heavy atom. The van der Waals surface area contributed by atoms with E-state index in [0.717, 1.165) is 12.1 Å². The molecule has 0 radical (unpaired) electrons. The van der Waals surface area contributed by atoms with Gasteiger partial charge in [0.2, 0.25) is 0 Å². The van der Waals surface area contributed by atoms with E-state index in [1.165, 1.54) is 26.4 Å². The highest BCUT2D eigenvalue weighted by Crippen LogP contribution is 2.33. The van der Waals surface area contributed by atoms with Crippen molar-refractivity contribution in [3.8, 4) is 11.5 Å². The molecule has 0 amide bonds. The number of halogens is 3. The molecule has 3 rings (SSSR count). The Bertz CT molecular complexity index is 1070. The Labute approximate surface area is 190 Å². The van der Waals surface area contributed by atoms with Crippen molar-refractivity contribution in [1.82, 2.24) is 0 Å². The summed E-state index contributed by atoms with van der Waals surface area (Å²) < 4.78 is 49.2. The smallest absolute Gasteiger partial charge is 0.416 e. The average molecular weight is 458 g/mol. The number of nitrogens with one attached hydrogen (secondary N) is 1. The maximum absolute atomic E-state index is 12.9. The Kier molecular flexibility index (Phi) is 7.60. The van der Waals surface area contributed by atoms with Crippen molar-refractivity contribution in [1.29, 1.82) is 5.41 Å². The predicted molar refractivity (Wildman–Crippen MR) is 121 cm³/mol. The van der Waals surface area contributed by atoms with Crippen LogP contribution < -0.4 is 14.4 Å². The van der Waals surface area contributed by atoms with Crippen molar-refractivity contribution >= 4 is 11.5 Å². The number of alkyl halides is 3. The number of benzene rings is 3. The summed E-state index contributed by atoms with van der Waals surface area (Å²) in [6.45, 7) is 0.254. The van der Waals surface area contributed by atoms with Gasteiger partial charge in [0.15, 0.2) is 11.5 Å². The number of methoxy groups -OCH3 is 2. The number of hydrogen-bond acceptors (Lipinski definition) is 4. The zero-order valence-corrected chi connectivity index (χ0v) is 18.3. The van der Waals surface area contributed by atoms with E-state index in [9.17, 15) is 18.3 Å². The lowest BCUT2D eigenvalue weighted by Gasteiger charge is -2.29. The fraction of sp³-hybridized carbons (Fsp3) is 0.240.